The monoisotopic (exact) mass is 361 g/mol. The molecule has 2 rings (SSSR count). The standard InChI is InChI=1S/C14H10ClF2NO4S/c15-11-6-5-10(23-11)13(20)21-7-12(19)18-8-3-1-2-4-9(8)22-14(16)17/h1-6,14H,7H2,(H,18,19). The summed E-state index contributed by atoms with van der Waals surface area (Å²) in [5, 5.41) is 2.33. The quantitative estimate of drug-likeness (QED) is 0.795. The summed E-state index contributed by atoms with van der Waals surface area (Å²) in [6, 6.07) is 8.68. The molecule has 1 N–H and O–H groups in total. The zero-order chi connectivity index (χ0) is 16.8. The second kappa shape index (κ2) is 7.89. The fourth-order valence-corrected chi connectivity index (χ4v) is 2.52. The molecule has 1 heterocycles. The van der Waals surface area contributed by atoms with Crippen LogP contribution in [0.3, 0.4) is 0 Å². The Morgan fingerprint density at radius 2 is 1.96 bits per heavy atom. The molecule has 23 heavy (non-hydrogen) atoms. The van der Waals surface area contributed by atoms with Gasteiger partial charge in [0.25, 0.3) is 5.91 Å². The molecule has 122 valence electrons. The number of rotatable bonds is 6. The molecule has 0 aliphatic heterocycles. The van der Waals surface area contributed by atoms with Gasteiger partial charge >= 0.3 is 12.6 Å². The van der Waals surface area contributed by atoms with E-state index in [9.17, 15) is 18.4 Å². The van der Waals surface area contributed by atoms with Crippen LogP contribution in [0.1, 0.15) is 9.67 Å². The predicted molar refractivity (Wildman–Crippen MR) is 81.3 cm³/mol. The van der Waals surface area contributed by atoms with Gasteiger partial charge in [0.2, 0.25) is 0 Å². The molecule has 0 radical (unpaired) electrons. The van der Waals surface area contributed by atoms with Crippen molar-refractivity contribution in [3.05, 3.63) is 45.6 Å². The summed E-state index contributed by atoms with van der Waals surface area (Å²) in [5.41, 5.74) is 0.0491. The minimum atomic E-state index is -3.02. The number of carbonyl (C=O) groups excluding carboxylic acids is 2. The minimum Gasteiger partial charge on any atom is -0.451 e. The van der Waals surface area contributed by atoms with Crippen molar-refractivity contribution in [2.45, 2.75) is 6.61 Å². The van der Waals surface area contributed by atoms with Crippen molar-refractivity contribution in [1.29, 1.82) is 0 Å². The Bertz CT molecular complexity index is 708. The number of amides is 1. The van der Waals surface area contributed by atoms with Crippen LogP contribution in [0.2, 0.25) is 4.34 Å². The minimum absolute atomic E-state index is 0.0491. The third-order valence-corrected chi connectivity index (χ3v) is 3.70. The van der Waals surface area contributed by atoms with E-state index >= 15 is 0 Å². The van der Waals surface area contributed by atoms with Crippen LogP contribution in [0.5, 0.6) is 5.75 Å². The van der Waals surface area contributed by atoms with Crippen molar-refractivity contribution in [2.75, 3.05) is 11.9 Å². The smallest absolute Gasteiger partial charge is 0.387 e. The molecule has 0 aliphatic carbocycles. The van der Waals surface area contributed by atoms with E-state index in [1.807, 2.05) is 0 Å². The van der Waals surface area contributed by atoms with Crippen LogP contribution in [-0.2, 0) is 9.53 Å². The van der Waals surface area contributed by atoms with Gasteiger partial charge in [-0.15, -0.1) is 11.3 Å². The molecular formula is C14H10ClF2NO4S. The van der Waals surface area contributed by atoms with E-state index in [1.165, 1.54) is 36.4 Å². The maximum absolute atomic E-state index is 12.3. The molecule has 1 aromatic heterocycles. The van der Waals surface area contributed by atoms with E-state index in [2.05, 4.69) is 10.1 Å². The molecule has 5 nitrogen and oxygen atoms in total. The lowest BCUT2D eigenvalue weighted by Crippen LogP contribution is -2.21. The van der Waals surface area contributed by atoms with Crippen LogP contribution < -0.4 is 10.1 Å². The second-order valence-electron chi connectivity index (χ2n) is 4.10. The number of halogens is 3. The van der Waals surface area contributed by atoms with Gasteiger partial charge in [-0.3, -0.25) is 4.79 Å². The molecule has 9 heteroatoms. The number of para-hydroxylation sites is 2. The molecule has 0 saturated heterocycles. The lowest BCUT2D eigenvalue weighted by molar-refractivity contribution is -0.119. The highest BCUT2D eigenvalue weighted by Crippen LogP contribution is 2.25. The van der Waals surface area contributed by atoms with Crippen molar-refractivity contribution in [2.24, 2.45) is 0 Å². The van der Waals surface area contributed by atoms with E-state index in [0.29, 0.717) is 4.34 Å². The largest absolute Gasteiger partial charge is 0.451 e. The van der Waals surface area contributed by atoms with Gasteiger partial charge in [0.05, 0.1) is 10.0 Å². The summed E-state index contributed by atoms with van der Waals surface area (Å²) in [5.74, 6) is -1.58. The van der Waals surface area contributed by atoms with E-state index < -0.39 is 25.1 Å². The zero-order valence-electron chi connectivity index (χ0n) is 11.4. The van der Waals surface area contributed by atoms with Crippen LogP contribution in [0.25, 0.3) is 0 Å². The molecule has 1 aromatic carbocycles. The number of anilines is 1. The van der Waals surface area contributed by atoms with Gasteiger partial charge in [-0.05, 0) is 24.3 Å². The summed E-state index contributed by atoms with van der Waals surface area (Å²) < 4.78 is 34.0. The Morgan fingerprint density at radius 3 is 2.61 bits per heavy atom. The van der Waals surface area contributed by atoms with Gasteiger partial charge in [0.15, 0.2) is 6.61 Å². The van der Waals surface area contributed by atoms with Gasteiger partial charge in [0.1, 0.15) is 10.6 Å². The summed E-state index contributed by atoms with van der Waals surface area (Å²) in [7, 11) is 0. The Labute approximate surface area is 138 Å². The number of benzene rings is 1. The van der Waals surface area contributed by atoms with Gasteiger partial charge in [0, 0.05) is 0 Å². The number of carbonyl (C=O) groups is 2. The van der Waals surface area contributed by atoms with Crippen LogP contribution in [0.15, 0.2) is 36.4 Å². The molecule has 0 saturated carbocycles. The van der Waals surface area contributed by atoms with Crippen LogP contribution >= 0.6 is 22.9 Å². The van der Waals surface area contributed by atoms with Crippen molar-refractivity contribution in [1.82, 2.24) is 0 Å². The average molecular weight is 362 g/mol. The van der Waals surface area contributed by atoms with Crippen molar-refractivity contribution in [3.63, 3.8) is 0 Å². The average Bonchev–Trinajstić information content (AvgIpc) is 2.93. The number of nitrogens with one attached hydrogen (secondary N) is 1. The molecule has 2 aromatic rings. The van der Waals surface area contributed by atoms with Gasteiger partial charge in [-0.25, -0.2) is 4.79 Å². The molecule has 0 aliphatic rings. The Balaban J connectivity index is 1.91. The van der Waals surface area contributed by atoms with Crippen molar-refractivity contribution in [3.8, 4) is 5.75 Å². The summed E-state index contributed by atoms with van der Waals surface area (Å²) >= 11 is 6.71. The molecular weight excluding hydrogens is 352 g/mol. The number of alkyl halides is 2. The van der Waals surface area contributed by atoms with Gasteiger partial charge in [-0.1, -0.05) is 23.7 Å². The van der Waals surface area contributed by atoms with Crippen molar-refractivity contribution < 1.29 is 27.8 Å². The van der Waals surface area contributed by atoms with Crippen LogP contribution in [0, 0.1) is 0 Å². The predicted octanol–water partition coefficient (Wildman–Crippen LogP) is 3.80. The topological polar surface area (TPSA) is 64.6 Å². The number of ether oxygens (including phenoxy) is 2. The number of thiophene rings is 1. The first-order valence-electron chi connectivity index (χ1n) is 6.22. The summed E-state index contributed by atoms with van der Waals surface area (Å²) in [4.78, 5) is 23.6. The molecule has 0 atom stereocenters. The SMILES string of the molecule is O=C(COC(=O)c1ccc(Cl)s1)Nc1ccccc1OC(F)F. The Hall–Kier alpha value is -2.19. The van der Waals surface area contributed by atoms with Crippen molar-refractivity contribution >= 4 is 40.5 Å². The maximum atomic E-state index is 12.3. The molecule has 0 fully saturated rings. The number of hydrogen-bond acceptors (Lipinski definition) is 5. The van der Waals surface area contributed by atoms with E-state index in [-0.39, 0.29) is 16.3 Å². The van der Waals surface area contributed by atoms with Crippen LogP contribution in [0.4, 0.5) is 14.5 Å². The zero-order valence-corrected chi connectivity index (χ0v) is 13.0. The van der Waals surface area contributed by atoms with E-state index in [0.717, 1.165) is 11.3 Å². The third kappa shape index (κ3) is 5.19. The first kappa shape index (κ1) is 17.2. The number of esters is 1. The normalized spacial score (nSPS) is 10.4. The number of hydrogen-bond donors (Lipinski definition) is 1. The Kier molecular flexibility index (Phi) is 5.89. The van der Waals surface area contributed by atoms with E-state index in [4.69, 9.17) is 16.3 Å². The maximum Gasteiger partial charge on any atom is 0.387 e. The van der Waals surface area contributed by atoms with Gasteiger partial charge < -0.3 is 14.8 Å². The van der Waals surface area contributed by atoms with E-state index in [1.54, 1.807) is 0 Å². The van der Waals surface area contributed by atoms with Crippen LogP contribution in [-0.4, -0.2) is 25.1 Å². The van der Waals surface area contributed by atoms with Gasteiger partial charge in [-0.2, -0.15) is 8.78 Å². The second-order valence-corrected chi connectivity index (χ2v) is 5.82. The first-order chi connectivity index (χ1) is 11.0. The first-order valence-corrected chi connectivity index (χ1v) is 7.41. The third-order valence-electron chi connectivity index (χ3n) is 2.49. The fourth-order valence-electron chi connectivity index (χ4n) is 1.58. The lowest BCUT2D eigenvalue weighted by atomic mass is 10.3. The summed E-state index contributed by atoms with van der Waals surface area (Å²) in [6.07, 6.45) is 0. The molecule has 0 bridgehead atoms. The fraction of sp³-hybridized carbons (Fsp3) is 0.143. The molecule has 1 amide bonds. The highest BCUT2D eigenvalue weighted by molar-refractivity contribution is 7.17. The molecule has 0 unspecified atom stereocenters. The molecule has 0 spiro atoms. The highest BCUT2D eigenvalue weighted by atomic mass is 35.5. The summed E-state index contributed by atoms with van der Waals surface area (Å²) in [6.45, 7) is -3.59. The highest BCUT2D eigenvalue weighted by Gasteiger charge is 2.15. The Morgan fingerprint density at radius 1 is 1.22 bits per heavy atom. The lowest BCUT2D eigenvalue weighted by Gasteiger charge is -2.11.